The quantitative estimate of drug-likeness (QED) is 0.235. The summed E-state index contributed by atoms with van der Waals surface area (Å²) in [7, 11) is 0. The largest absolute Gasteiger partial charge is 0.492 e. The van der Waals surface area contributed by atoms with Crippen LogP contribution in [0.25, 0.3) is 21.9 Å². The van der Waals surface area contributed by atoms with Crippen molar-refractivity contribution < 1.29 is 18.4 Å². The van der Waals surface area contributed by atoms with E-state index in [1.54, 1.807) is 18.4 Å². The maximum Gasteiger partial charge on any atom is 0.336 e. The monoisotopic (exact) mass is 370 g/mol. The van der Waals surface area contributed by atoms with Gasteiger partial charge < -0.3 is 18.4 Å². The summed E-state index contributed by atoms with van der Waals surface area (Å²) in [5.74, 6) is 0.718. The Morgan fingerprint density at radius 2 is 1.56 bits per heavy atom. The molecule has 0 atom stereocenters. The van der Waals surface area contributed by atoms with Crippen LogP contribution in [0.15, 0.2) is 44.2 Å². The third kappa shape index (κ3) is 5.22. The Morgan fingerprint density at radius 1 is 0.852 bits per heavy atom. The first kappa shape index (κ1) is 19.2. The lowest BCUT2D eigenvalue weighted by Crippen LogP contribution is -2.00. The zero-order valence-electron chi connectivity index (χ0n) is 15.6. The summed E-state index contributed by atoms with van der Waals surface area (Å²) in [6.45, 7) is 0.623. The van der Waals surface area contributed by atoms with Crippen LogP contribution in [-0.4, -0.2) is 12.9 Å². The van der Waals surface area contributed by atoms with Gasteiger partial charge in [0.1, 0.15) is 23.2 Å². The van der Waals surface area contributed by atoms with Crippen molar-refractivity contribution in [3.05, 3.63) is 40.9 Å². The number of hydrogen-bond donors (Lipinski definition) is 0. The number of benzene rings is 1. The first-order valence-corrected chi connectivity index (χ1v) is 9.80. The number of rotatable bonds is 12. The van der Waals surface area contributed by atoms with Gasteiger partial charge in [0.15, 0.2) is 0 Å². The molecule has 1 aromatic carbocycles. The highest BCUT2D eigenvalue weighted by Gasteiger charge is 2.13. The van der Waals surface area contributed by atoms with Crippen LogP contribution in [0.5, 0.6) is 5.75 Å². The third-order valence-electron chi connectivity index (χ3n) is 4.77. The number of unbranched alkanes of at least 4 members (excludes halogenated alkanes) is 8. The van der Waals surface area contributed by atoms with E-state index in [2.05, 4.69) is 0 Å². The van der Waals surface area contributed by atoms with Crippen LogP contribution in [0.2, 0.25) is 0 Å². The summed E-state index contributed by atoms with van der Waals surface area (Å²) in [5.41, 5.74) is 0.751. The van der Waals surface area contributed by atoms with Crippen LogP contribution in [0, 0.1) is 0 Å². The van der Waals surface area contributed by atoms with Gasteiger partial charge in [0, 0.05) is 18.6 Å². The van der Waals surface area contributed by atoms with Gasteiger partial charge in [0.05, 0.1) is 23.6 Å². The number of carbonyl (C=O) groups is 1. The van der Waals surface area contributed by atoms with Crippen molar-refractivity contribution in [3.63, 3.8) is 0 Å². The average Bonchev–Trinajstić information content (AvgIpc) is 3.13. The minimum absolute atomic E-state index is 0.384. The van der Waals surface area contributed by atoms with Crippen LogP contribution in [-0.2, 0) is 4.79 Å². The van der Waals surface area contributed by atoms with Crippen molar-refractivity contribution in [2.24, 2.45) is 0 Å². The molecule has 0 amide bonds. The standard InChI is InChI=1S/C22H26O5/c23-13-8-6-4-2-1-3-5-7-9-14-26-22-17-10-11-21(24)27-20(17)16-19-18(22)12-15-25-19/h10-13,15-16H,1-9,14H2. The summed E-state index contributed by atoms with van der Waals surface area (Å²) < 4.78 is 16.8. The molecule has 2 aromatic heterocycles. The lowest BCUT2D eigenvalue weighted by Gasteiger charge is -2.10. The smallest absolute Gasteiger partial charge is 0.336 e. The molecule has 0 saturated carbocycles. The van der Waals surface area contributed by atoms with E-state index in [0.29, 0.717) is 24.2 Å². The molecular formula is C22H26O5. The second-order valence-electron chi connectivity index (χ2n) is 6.84. The van der Waals surface area contributed by atoms with E-state index in [0.717, 1.165) is 48.5 Å². The molecule has 0 aliphatic heterocycles. The SMILES string of the molecule is O=CCCCCCCCCCCOc1c2ccoc2cc2oc(=O)ccc12. The Kier molecular flexibility index (Phi) is 7.08. The van der Waals surface area contributed by atoms with Gasteiger partial charge >= 0.3 is 5.63 Å². The Hall–Kier alpha value is -2.56. The summed E-state index contributed by atoms with van der Waals surface area (Å²) in [6, 6.07) is 6.76. The fourth-order valence-electron chi connectivity index (χ4n) is 3.33. The Bertz CT molecular complexity index is 921. The molecule has 5 heteroatoms. The van der Waals surface area contributed by atoms with Crippen molar-refractivity contribution in [1.82, 2.24) is 0 Å². The van der Waals surface area contributed by atoms with Crippen LogP contribution in [0.4, 0.5) is 0 Å². The summed E-state index contributed by atoms with van der Waals surface area (Å²) in [6.07, 6.45) is 12.5. The molecule has 0 N–H and O–H groups in total. The average molecular weight is 370 g/mol. The van der Waals surface area contributed by atoms with Crippen LogP contribution in [0.3, 0.4) is 0 Å². The predicted octanol–water partition coefficient (Wildman–Crippen LogP) is 5.63. The van der Waals surface area contributed by atoms with Gasteiger partial charge in [-0.3, -0.25) is 0 Å². The molecule has 0 unspecified atom stereocenters. The molecule has 0 spiro atoms. The Balaban J connectivity index is 1.47. The second kappa shape index (κ2) is 9.95. The van der Waals surface area contributed by atoms with Crippen LogP contribution >= 0.6 is 0 Å². The van der Waals surface area contributed by atoms with Crippen molar-refractivity contribution in [2.75, 3.05) is 6.61 Å². The molecule has 0 bridgehead atoms. The second-order valence-corrected chi connectivity index (χ2v) is 6.84. The Morgan fingerprint density at radius 3 is 2.33 bits per heavy atom. The van der Waals surface area contributed by atoms with Gasteiger partial charge in [-0.15, -0.1) is 0 Å². The lowest BCUT2D eigenvalue weighted by molar-refractivity contribution is -0.107. The van der Waals surface area contributed by atoms with Gasteiger partial charge in [0.2, 0.25) is 0 Å². The molecular weight excluding hydrogens is 344 g/mol. The molecule has 0 radical (unpaired) electrons. The third-order valence-corrected chi connectivity index (χ3v) is 4.77. The van der Waals surface area contributed by atoms with Gasteiger partial charge in [0.25, 0.3) is 0 Å². The zero-order chi connectivity index (χ0) is 18.9. The molecule has 27 heavy (non-hydrogen) atoms. The van der Waals surface area contributed by atoms with Gasteiger partial charge in [-0.1, -0.05) is 38.5 Å². The van der Waals surface area contributed by atoms with E-state index >= 15 is 0 Å². The van der Waals surface area contributed by atoms with E-state index in [4.69, 9.17) is 13.6 Å². The molecule has 0 aliphatic rings. The van der Waals surface area contributed by atoms with Crippen molar-refractivity contribution in [1.29, 1.82) is 0 Å². The van der Waals surface area contributed by atoms with E-state index < -0.39 is 0 Å². The number of fused-ring (bicyclic) bond motifs is 2. The van der Waals surface area contributed by atoms with Crippen molar-refractivity contribution in [3.8, 4) is 5.75 Å². The number of furan rings is 1. The fourth-order valence-corrected chi connectivity index (χ4v) is 3.33. The molecule has 3 aromatic rings. The highest BCUT2D eigenvalue weighted by molar-refractivity contribution is 6.01. The number of ether oxygens (including phenoxy) is 1. The summed E-state index contributed by atoms with van der Waals surface area (Å²) >= 11 is 0. The van der Waals surface area contributed by atoms with E-state index in [9.17, 15) is 9.59 Å². The van der Waals surface area contributed by atoms with Crippen molar-refractivity contribution >= 4 is 28.2 Å². The number of hydrogen-bond acceptors (Lipinski definition) is 5. The first-order valence-electron chi connectivity index (χ1n) is 9.80. The lowest BCUT2D eigenvalue weighted by atomic mass is 10.1. The molecule has 0 saturated heterocycles. The van der Waals surface area contributed by atoms with Crippen LogP contribution < -0.4 is 10.4 Å². The predicted molar refractivity (Wildman–Crippen MR) is 105 cm³/mol. The minimum Gasteiger partial charge on any atom is -0.492 e. The van der Waals surface area contributed by atoms with Crippen LogP contribution in [0.1, 0.15) is 57.8 Å². The molecule has 144 valence electrons. The first-order chi connectivity index (χ1) is 13.3. The topological polar surface area (TPSA) is 69.7 Å². The van der Waals surface area contributed by atoms with Gasteiger partial charge in [-0.2, -0.15) is 0 Å². The molecule has 0 aliphatic carbocycles. The van der Waals surface area contributed by atoms with Gasteiger partial charge in [-0.25, -0.2) is 4.79 Å². The highest BCUT2D eigenvalue weighted by atomic mass is 16.5. The molecule has 5 nitrogen and oxygen atoms in total. The van der Waals surface area contributed by atoms with E-state index in [1.807, 2.05) is 6.07 Å². The minimum atomic E-state index is -0.384. The highest BCUT2D eigenvalue weighted by Crippen LogP contribution is 2.35. The van der Waals surface area contributed by atoms with Gasteiger partial charge in [-0.05, 0) is 25.0 Å². The normalized spacial score (nSPS) is 11.3. The maximum atomic E-state index is 11.5. The van der Waals surface area contributed by atoms with E-state index in [1.165, 1.54) is 31.7 Å². The summed E-state index contributed by atoms with van der Waals surface area (Å²) in [5, 5.41) is 1.69. The maximum absolute atomic E-state index is 11.5. The molecule has 0 fully saturated rings. The zero-order valence-corrected chi connectivity index (χ0v) is 15.6. The van der Waals surface area contributed by atoms with E-state index in [-0.39, 0.29) is 5.63 Å². The number of aldehydes is 1. The van der Waals surface area contributed by atoms with Crippen molar-refractivity contribution in [2.45, 2.75) is 57.8 Å². The molecule has 2 heterocycles. The fraction of sp³-hybridized carbons (Fsp3) is 0.455. The summed E-state index contributed by atoms with van der Waals surface area (Å²) in [4.78, 5) is 21.7. The number of carbonyl (C=O) groups excluding carboxylic acids is 1. The molecule has 3 rings (SSSR count). The Labute approximate surface area is 158 Å².